The van der Waals surface area contributed by atoms with Crippen LogP contribution >= 0.6 is 11.3 Å². The number of nitrogens with zero attached hydrogens (tertiary/aromatic N) is 3. The summed E-state index contributed by atoms with van der Waals surface area (Å²) in [6.07, 6.45) is 2.64. The highest BCUT2D eigenvalue weighted by Gasteiger charge is 2.16. The van der Waals surface area contributed by atoms with E-state index in [1.54, 1.807) is 25.4 Å². The molecule has 1 atom stereocenters. The first-order valence-electron chi connectivity index (χ1n) is 6.44. The van der Waals surface area contributed by atoms with E-state index in [0.29, 0.717) is 16.5 Å². The Morgan fingerprint density at radius 1 is 1.36 bits per heavy atom. The fourth-order valence-electron chi connectivity index (χ4n) is 1.53. The van der Waals surface area contributed by atoms with Crippen molar-refractivity contribution >= 4 is 23.3 Å². The molecule has 22 heavy (non-hydrogen) atoms. The van der Waals surface area contributed by atoms with Crippen molar-refractivity contribution < 1.29 is 14.3 Å². The molecule has 2 aromatic heterocycles. The first-order valence-corrected chi connectivity index (χ1v) is 7.32. The summed E-state index contributed by atoms with van der Waals surface area (Å²) in [6.45, 7) is 1.83. The van der Waals surface area contributed by atoms with Crippen LogP contribution in [-0.2, 0) is 16.1 Å². The first-order chi connectivity index (χ1) is 10.6. The molecule has 0 saturated carbocycles. The summed E-state index contributed by atoms with van der Waals surface area (Å²) in [7, 11) is 1.24. The highest BCUT2D eigenvalue weighted by atomic mass is 32.1. The minimum absolute atomic E-state index is 0.259. The van der Waals surface area contributed by atoms with Gasteiger partial charge in [-0.05, 0) is 13.0 Å². The van der Waals surface area contributed by atoms with Crippen LogP contribution in [0, 0.1) is 0 Å². The minimum atomic E-state index is -0.692. The van der Waals surface area contributed by atoms with E-state index in [1.807, 2.05) is 5.38 Å². The molecule has 0 bridgehead atoms. The minimum Gasteiger partial charge on any atom is -0.453 e. The first kappa shape index (κ1) is 15.8. The fraction of sp³-hybridized carbons (Fsp3) is 0.308. The second kappa shape index (κ2) is 7.46. The van der Waals surface area contributed by atoms with Gasteiger partial charge in [0.2, 0.25) is 5.91 Å². The molecule has 116 valence electrons. The van der Waals surface area contributed by atoms with Crippen LogP contribution in [-0.4, -0.2) is 40.1 Å². The van der Waals surface area contributed by atoms with E-state index in [2.05, 4.69) is 30.3 Å². The maximum atomic E-state index is 11.8. The van der Waals surface area contributed by atoms with E-state index < -0.39 is 12.1 Å². The number of hydrogen-bond donors (Lipinski definition) is 2. The Kier molecular flexibility index (Phi) is 5.37. The molecule has 0 aliphatic carbocycles. The van der Waals surface area contributed by atoms with Gasteiger partial charge in [0.05, 0.1) is 19.3 Å². The van der Waals surface area contributed by atoms with Gasteiger partial charge in [0.1, 0.15) is 6.04 Å². The molecule has 0 fully saturated rings. The Bertz CT molecular complexity index is 646. The summed E-state index contributed by atoms with van der Waals surface area (Å²) >= 11 is 1.40. The predicted octanol–water partition coefficient (Wildman–Crippen LogP) is 0.961. The number of thiazole rings is 1. The zero-order valence-electron chi connectivity index (χ0n) is 12.1. The molecule has 0 aliphatic rings. The Morgan fingerprint density at radius 2 is 2.09 bits per heavy atom. The third-order valence-corrected chi connectivity index (χ3v) is 3.55. The van der Waals surface area contributed by atoms with Gasteiger partial charge in [-0.3, -0.25) is 4.79 Å². The second-order valence-corrected chi connectivity index (χ2v) is 5.15. The molecule has 9 heteroatoms. The molecule has 8 nitrogen and oxygen atoms in total. The SMILES string of the molecule is COC(=O)N[C@@H](C)C(=O)NCc1csc(-c2ncccn2)n1. The van der Waals surface area contributed by atoms with Gasteiger partial charge in [-0.1, -0.05) is 0 Å². The molecule has 2 rings (SSSR count). The van der Waals surface area contributed by atoms with E-state index in [1.165, 1.54) is 18.4 Å². The summed E-state index contributed by atoms with van der Waals surface area (Å²) in [4.78, 5) is 35.4. The average Bonchev–Trinajstić information content (AvgIpc) is 3.02. The highest BCUT2D eigenvalue weighted by molar-refractivity contribution is 7.13. The number of carbonyl (C=O) groups is 2. The van der Waals surface area contributed by atoms with Crippen LogP contribution < -0.4 is 10.6 Å². The van der Waals surface area contributed by atoms with Crippen LogP contribution in [0.25, 0.3) is 10.8 Å². The summed E-state index contributed by atoms with van der Waals surface area (Å²) < 4.78 is 4.43. The van der Waals surface area contributed by atoms with Crippen molar-refractivity contribution in [2.75, 3.05) is 7.11 Å². The van der Waals surface area contributed by atoms with E-state index in [4.69, 9.17) is 0 Å². The number of rotatable bonds is 5. The maximum absolute atomic E-state index is 11.8. The average molecular weight is 321 g/mol. The van der Waals surface area contributed by atoms with Crippen molar-refractivity contribution in [1.29, 1.82) is 0 Å². The van der Waals surface area contributed by atoms with Crippen molar-refractivity contribution in [3.05, 3.63) is 29.5 Å². The second-order valence-electron chi connectivity index (χ2n) is 4.29. The maximum Gasteiger partial charge on any atom is 0.407 e. The number of amides is 2. The third-order valence-electron chi connectivity index (χ3n) is 2.67. The summed E-state index contributed by atoms with van der Waals surface area (Å²) in [6, 6.07) is 1.04. The molecule has 2 aromatic rings. The molecule has 0 aromatic carbocycles. The zero-order valence-corrected chi connectivity index (χ0v) is 12.9. The molecule has 2 amide bonds. The lowest BCUT2D eigenvalue weighted by molar-refractivity contribution is -0.122. The topological polar surface area (TPSA) is 106 Å². The van der Waals surface area contributed by atoms with Gasteiger partial charge in [0, 0.05) is 17.8 Å². The standard InChI is InChI=1S/C13H15N5O3S/c1-8(17-13(20)21-2)11(19)16-6-9-7-22-12(18-9)10-14-4-3-5-15-10/h3-5,7-8H,6H2,1-2H3,(H,16,19)(H,17,20)/t8-/m0/s1. The molecule has 0 unspecified atom stereocenters. The highest BCUT2D eigenvalue weighted by Crippen LogP contribution is 2.19. The van der Waals surface area contributed by atoms with Crippen LogP contribution in [0.5, 0.6) is 0 Å². The molecular weight excluding hydrogens is 306 g/mol. The van der Waals surface area contributed by atoms with Crippen molar-refractivity contribution in [3.63, 3.8) is 0 Å². The molecule has 0 radical (unpaired) electrons. The van der Waals surface area contributed by atoms with Crippen molar-refractivity contribution in [2.24, 2.45) is 0 Å². The lowest BCUT2D eigenvalue weighted by Crippen LogP contribution is -2.44. The van der Waals surface area contributed by atoms with Crippen molar-refractivity contribution in [3.8, 4) is 10.8 Å². The van der Waals surface area contributed by atoms with Gasteiger partial charge in [0.25, 0.3) is 0 Å². The lowest BCUT2D eigenvalue weighted by atomic mass is 10.3. The molecule has 2 heterocycles. The van der Waals surface area contributed by atoms with Crippen LogP contribution in [0.3, 0.4) is 0 Å². The molecule has 0 spiro atoms. The number of alkyl carbamates (subject to hydrolysis) is 1. The smallest absolute Gasteiger partial charge is 0.407 e. The Hall–Kier alpha value is -2.55. The van der Waals surface area contributed by atoms with Gasteiger partial charge >= 0.3 is 6.09 Å². The molecule has 0 aliphatic heterocycles. The quantitative estimate of drug-likeness (QED) is 0.849. The molecular formula is C13H15N5O3S. The zero-order chi connectivity index (χ0) is 15.9. The normalized spacial score (nSPS) is 11.5. The Morgan fingerprint density at radius 3 is 2.77 bits per heavy atom. The number of hydrogen-bond acceptors (Lipinski definition) is 7. The lowest BCUT2D eigenvalue weighted by Gasteiger charge is -2.12. The summed E-state index contributed by atoms with van der Waals surface area (Å²) in [5, 5.41) is 7.58. The van der Waals surface area contributed by atoms with Crippen LogP contribution in [0.15, 0.2) is 23.8 Å². The van der Waals surface area contributed by atoms with Crippen molar-refractivity contribution in [1.82, 2.24) is 25.6 Å². The monoisotopic (exact) mass is 321 g/mol. The fourth-order valence-corrected chi connectivity index (χ4v) is 2.30. The van der Waals surface area contributed by atoms with Crippen LogP contribution in [0.2, 0.25) is 0 Å². The van der Waals surface area contributed by atoms with Crippen LogP contribution in [0.4, 0.5) is 4.79 Å². The van der Waals surface area contributed by atoms with Gasteiger partial charge in [0.15, 0.2) is 10.8 Å². The van der Waals surface area contributed by atoms with Gasteiger partial charge < -0.3 is 15.4 Å². The van der Waals surface area contributed by atoms with E-state index >= 15 is 0 Å². The number of carbonyl (C=O) groups excluding carboxylic acids is 2. The summed E-state index contributed by atoms with van der Waals surface area (Å²) in [5.41, 5.74) is 0.700. The van der Waals surface area contributed by atoms with Crippen molar-refractivity contribution in [2.45, 2.75) is 19.5 Å². The predicted molar refractivity (Wildman–Crippen MR) is 80.0 cm³/mol. The number of ether oxygens (including phenoxy) is 1. The Balaban J connectivity index is 1.88. The molecule has 0 saturated heterocycles. The largest absolute Gasteiger partial charge is 0.453 e. The van der Waals surface area contributed by atoms with Gasteiger partial charge in [-0.25, -0.2) is 19.7 Å². The van der Waals surface area contributed by atoms with Gasteiger partial charge in [-0.2, -0.15) is 0 Å². The van der Waals surface area contributed by atoms with E-state index in [0.717, 1.165) is 0 Å². The number of aromatic nitrogens is 3. The van der Waals surface area contributed by atoms with Gasteiger partial charge in [-0.15, -0.1) is 11.3 Å². The Labute approximate surface area is 131 Å². The number of nitrogens with one attached hydrogen (secondary N) is 2. The van der Waals surface area contributed by atoms with E-state index in [9.17, 15) is 9.59 Å². The summed E-state index contributed by atoms with van der Waals surface area (Å²) in [5.74, 6) is 0.224. The number of methoxy groups -OCH3 is 1. The third kappa shape index (κ3) is 4.22. The van der Waals surface area contributed by atoms with E-state index in [-0.39, 0.29) is 12.5 Å². The van der Waals surface area contributed by atoms with Crippen LogP contribution in [0.1, 0.15) is 12.6 Å². The molecule has 2 N–H and O–H groups in total.